The van der Waals surface area contributed by atoms with Gasteiger partial charge < -0.3 is 14.9 Å². The number of fused-ring (bicyclic) bond motifs is 1. The van der Waals surface area contributed by atoms with Crippen molar-refractivity contribution >= 4 is 17.6 Å². The van der Waals surface area contributed by atoms with Crippen molar-refractivity contribution in [3.63, 3.8) is 0 Å². The van der Waals surface area contributed by atoms with Crippen molar-refractivity contribution < 1.29 is 23.1 Å². The molecule has 1 aromatic heterocycles. The first-order chi connectivity index (χ1) is 11.7. The van der Waals surface area contributed by atoms with Crippen LogP contribution in [-0.2, 0) is 11.0 Å². The molecule has 0 aromatic carbocycles. The second-order valence-corrected chi connectivity index (χ2v) is 7.23. The molecule has 0 spiro atoms. The number of alkyl halides is 3. The van der Waals surface area contributed by atoms with Gasteiger partial charge in [-0.05, 0) is 31.1 Å². The summed E-state index contributed by atoms with van der Waals surface area (Å²) in [6, 6.07) is 1.80. The first-order valence-electron chi connectivity index (χ1n) is 8.43. The lowest BCUT2D eigenvalue weighted by Crippen LogP contribution is -2.46. The molecule has 1 saturated carbocycles. The zero-order valence-corrected chi connectivity index (χ0v) is 13.7. The number of nitrogens with zero attached hydrogens (tertiary/aromatic N) is 4. The number of halogens is 3. The smallest absolute Gasteiger partial charge is 0.451 e. The average Bonchev–Trinajstić information content (AvgIpc) is 2.95. The molecule has 1 aromatic rings. The molecule has 1 aliphatic carbocycles. The van der Waals surface area contributed by atoms with E-state index in [1.165, 1.54) is 0 Å². The number of hydrogen-bond donors (Lipinski definition) is 1. The largest absolute Gasteiger partial charge is 0.481 e. The minimum absolute atomic E-state index is 0.136. The Bertz CT molecular complexity index is 699. The summed E-state index contributed by atoms with van der Waals surface area (Å²) in [6.07, 6.45) is -3.52. The zero-order valence-electron chi connectivity index (χ0n) is 13.7. The lowest BCUT2D eigenvalue weighted by molar-refractivity contribution is -0.145. The van der Waals surface area contributed by atoms with Crippen LogP contribution in [0.3, 0.4) is 0 Å². The van der Waals surface area contributed by atoms with Crippen LogP contribution < -0.4 is 9.80 Å². The first-order valence-corrected chi connectivity index (χ1v) is 8.43. The summed E-state index contributed by atoms with van der Waals surface area (Å²) in [5, 5.41) is 8.88. The predicted molar refractivity (Wildman–Crippen MR) is 83.4 cm³/mol. The van der Waals surface area contributed by atoms with Crippen molar-refractivity contribution in [3.05, 3.63) is 11.9 Å². The van der Waals surface area contributed by atoms with Crippen molar-refractivity contribution in [3.8, 4) is 0 Å². The molecule has 0 bridgehead atoms. The van der Waals surface area contributed by atoms with Crippen molar-refractivity contribution in [1.82, 2.24) is 9.97 Å². The molecular formula is C16H19F3N4O2. The van der Waals surface area contributed by atoms with E-state index in [-0.39, 0.29) is 36.0 Å². The van der Waals surface area contributed by atoms with Gasteiger partial charge in [-0.3, -0.25) is 4.79 Å². The molecule has 1 N–H and O–H groups in total. The first kappa shape index (κ1) is 16.4. The van der Waals surface area contributed by atoms with Crippen LogP contribution >= 0.6 is 0 Å². The van der Waals surface area contributed by atoms with Gasteiger partial charge in [0.2, 0.25) is 5.82 Å². The van der Waals surface area contributed by atoms with Crippen molar-refractivity contribution in [2.24, 2.45) is 17.8 Å². The van der Waals surface area contributed by atoms with Crippen molar-refractivity contribution in [2.45, 2.75) is 32.0 Å². The highest BCUT2D eigenvalue weighted by molar-refractivity contribution is 5.68. The van der Waals surface area contributed by atoms with Gasteiger partial charge in [0, 0.05) is 38.2 Å². The number of aliphatic carboxylic acids is 1. The molecule has 9 heteroatoms. The number of carbonyl (C=O) groups is 1. The number of carboxylic acids is 1. The molecule has 2 saturated heterocycles. The Kier molecular flexibility index (Phi) is 3.59. The molecule has 2 aliphatic heterocycles. The fraction of sp³-hybridized carbons (Fsp3) is 0.688. The van der Waals surface area contributed by atoms with Gasteiger partial charge in [0.1, 0.15) is 11.6 Å². The molecular weight excluding hydrogens is 337 g/mol. The number of anilines is 2. The van der Waals surface area contributed by atoms with E-state index in [0.29, 0.717) is 25.5 Å². The zero-order chi connectivity index (χ0) is 17.9. The molecule has 0 radical (unpaired) electrons. The summed E-state index contributed by atoms with van der Waals surface area (Å²) in [7, 11) is 0. The Morgan fingerprint density at radius 1 is 1.28 bits per heavy atom. The summed E-state index contributed by atoms with van der Waals surface area (Å²) in [5.74, 6) is -0.689. The highest BCUT2D eigenvalue weighted by Gasteiger charge is 2.56. The molecule has 4 rings (SSSR count). The third-order valence-electron chi connectivity index (χ3n) is 5.67. The predicted octanol–water partition coefficient (Wildman–Crippen LogP) is 2.25. The van der Waals surface area contributed by atoms with Gasteiger partial charge in [-0.1, -0.05) is 0 Å². The molecule has 3 aliphatic rings. The van der Waals surface area contributed by atoms with Crippen molar-refractivity contribution in [2.75, 3.05) is 29.4 Å². The van der Waals surface area contributed by atoms with E-state index >= 15 is 0 Å². The van der Waals surface area contributed by atoms with E-state index in [9.17, 15) is 18.0 Å². The molecule has 136 valence electrons. The van der Waals surface area contributed by atoms with Crippen LogP contribution in [0.1, 0.15) is 25.6 Å². The lowest BCUT2D eigenvalue weighted by atomic mass is 10.1. The maximum absolute atomic E-state index is 13.2. The third kappa shape index (κ3) is 2.89. The molecule has 6 nitrogen and oxygen atoms in total. The van der Waals surface area contributed by atoms with Crippen LogP contribution in [0.5, 0.6) is 0 Å². The lowest BCUT2D eigenvalue weighted by Gasteiger charge is -2.40. The number of carboxylic acid groups (broad SMARTS) is 1. The van der Waals surface area contributed by atoms with Crippen LogP contribution in [0.4, 0.5) is 24.8 Å². The van der Waals surface area contributed by atoms with Gasteiger partial charge in [-0.25, -0.2) is 9.97 Å². The SMILES string of the molecule is C[C@H]1CCN1c1cc(N2C[C@@H]3[C@@H](CC(=O)O)[C@@H]3C2)nc(C(F)(F)F)n1. The normalized spacial score (nSPS) is 30.9. The highest BCUT2D eigenvalue weighted by Crippen LogP contribution is 2.54. The summed E-state index contributed by atoms with van der Waals surface area (Å²) < 4.78 is 39.5. The molecule has 3 heterocycles. The van der Waals surface area contributed by atoms with E-state index in [4.69, 9.17) is 5.11 Å². The van der Waals surface area contributed by atoms with E-state index in [0.717, 1.165) is 6.42 Å². The Labute approximate surface area is 142 Å². The monoisotopic (exact) mass is 356 g/mol. The summed E-state index contributed by atoms with van der Waals surface area (Å²) in [4.78, 5) is 22.0. The fourth-order valence-corrected chi connectivity index (χ4v) is 4.06. The topological polar surface area (TPSA) is 69.6 Å². The Morgan fingerprint density at radius 3 is 2.40 bits per heavy atom. The fourth-order valence-electron chi connectivity index (χ4n) is 4.06. The Morgan fingerprint density at radius 2 is 1.92 bits per heavy atom. The van der Waals surface area contributed by atoms with Gasteiger partial charge in [-0.2, -0.15) is 13.2 Å². The second kappa shape index (κ2) is 5.47. The van der Waals surface area contributed by atoms with Gasteiger partial charge in [-0.15, -0.1) is 0 Å². The van der Waals surface area contributed by atoms with Crippen LogP contribution in [0.15, 0.2) is 6.07 Å². The minimum Gasteiger partial charge on any atom is -0.481 e. The Balaban J connectivity index is 1.56. The second-order valence-electron chi connectivity index (χ2n) is 7.23. The molecule has 0 amide bonds. The van der Waals surface area contributed by atoms with Gasteiger partial charge in [0.05, 0.1) is 0 Å². The molecule has 4 atom stereocenters. The van der Waals surface area contributed by atoms with Crippen LogP contribution in [0.25, 0.3) is 0 Å². The number of aromatic nitrogens is 2. The van der Waals surface area contributed by atoms with E-state index in [1.54, 1.807) is 6.07 Å². The van der Waals surface area contributed by atoms with Crippen LogP contribution in [-0.4, -0.2) is 46.7 Å². The summed E-state index contributed by atoms with van der Waals surface area (Å²) in [6.45, 7) is 3.78. The van der Waals surface area contributed by atoms with Gasteiger partial charge in [0.15, 0.2) is 0 Å². The minimum atomic E-state index is -4.59. The van der Waals surface area contributed by atoms with E-state index in [2.05, 4.69) is 9.97 Å². The Hall–Kier alpha value is -2.06. The van der Waals surface area contributed by atoms with Crippen LogP contribution in [0, 0.1) is 17.8 Å². The average molecular weight is 356 g/mol. The number of piperidine rings is 1. The van der Waals surface area contributed by atoms with E-state index in [1.807, 2.05) is 16.7 Å². The molecule has 25 heavy (non-hydrogen) atoms. The summed E-state index contributed by atoms with van der Waals surface area (Å²) >= 11 is 0. The number of hydrogen-bond acceptors (Lipinski definition) is 5. The molecule has 0 unspecified atom stereocenters. The quantitative estimate of drug-likeness (QED) is 0.892. The maximum Gasteiger partial charge on any atom is 0.451 e. The van der Waals surface area contributed by atoms with E-state index < -0.39 is 18.0 Å². The molecule has 3 fully saturated rings. The standard InChI is InChI=1S/C16H19F3N4O2/c1-8-2-3-23(8)13-5-12(20-15(21-13)16(17,18)19)22-6-10-9(4-14(24)25)11(10)7-22/h5,8-11H,2-4,6-7H2,1H3,(H,24,25)/t8-,9-,10-,11+/m0/s1. The summed E-state index contributed by atoms with van der Waals surface area (Å²) in [5.41, 5.74) is 0. The van der Waals surface area contributed by atoms with Crippen LogP contribution in [0.2, 0.25) is 0 Å². The van der Waals surface area contributed by atoms with Gasteiger partial charge in [0.25, 0.3) is 0 Å². The third-order valence-corrected chi connectivity index (χ3v) is 5.67. The number of rotatable bonds is 4. The highest BCUT2D eigenvalue weighted by atomic mass is 19.4. The van der Waals surface area contributed by atoms with Crippen molar-refractivity contribution in [1.29, 1.82) is 0 Å². The van der Waals surface area contributed by atoms with Gasteiger partial charge >= 0.3 is 12.1 Å². The maximum atomic E-state index is 13.2.